The van der Waals surface area contributed by atoms with Crippen molar-refractivity contribution in [2.45, 2.75) is 75.8 Å². The number of aliphatic hydroxyl groups is 1. The molecule has 24 heteroatoms. The number of carbonyl (C=O) groups is 11. The highest BCUT2D eigenvalue weighted by Crippen LogP contribution is 2.15. The topological polar surface area (TPSA) is 413 Å². The molecule has 0 aliphatic rings. The maximum Gasteiger partial charge on any atom is 0.326 e. The largest absolute Gasteiger partial charge is 0.481 e. The van der Waals surface area contributed by atoms with Gasteiger partial charge in [-0.2, -0.15) is 0 Å². The van der Waals surface area contributed by atoms with Gasteiger partial charge in [-0.1, -0.05) is 19.1 Å². The van der Waals surface area contributed by atoms with Crippen molar-refractivity contribution in [1.82, 2.24) is 31.9 Å². The molecule has 0 fully saturated rings. The van der Waals surface area contributed by atoms with Gasteiger partial charge in [-0.15, -0.1) is 0 Å². The lowest BCUT2D eigenvalue weighted by Crippen LogP contribution is -2.59. The molecule has 0 heterocycles. The number of carboxylic acid groups (broad SMARTS) is 4. The number of nitrogen functional groups attached to an aromatic ring is 1. The van der Waals surface area contributed by atoms with Gasteiger partial charge in [0, 0.05) is 17.7 Å². The van der Waals surface area contributed by atoms with Crippen molar-refractivity contribution in [3.05, 3.63) is 29.8 Å². The second kappa shape index (κ2) is 22.5. The summed E-state index contributed by atoms with van der Waals surface area (Å²) in [6.07, 6.45) is -3.32. The molecule has 0 aliphatic heterocycles. The van der Waals surface area contributed by atoms with Crippen LogP contribution in [0.3, 0.4) is 0 Å². The molecule has 56 heavy (non-hydrogen) atoms. The molecule has 1 aromatic carbocycles. The lowest BCUT2D eigenvalue weighted by Gasteiger charge is -2.27. The highest BCUT2D eigenvalue weighted by Gasteiger charge is 2.35. The fourth-order valence-electron chi connectivity index (χ4n) is 4.70. The Balaban J connectivity index is 3.01. The zero-order chi connectivity index (χ0) is 42.9. The van der Waals surface area contributed by atoms with Crippen LogP contribution in [0.4, 0.5) is 5.69 Å². The summed E-state index contributed by atoms with van der Waals surface area (Å²) in [5.41, 5.74) is 11.2. The van der Waals surface area contributed by atoms with Crippen molar-refractivity contribution in [1.29, 1.82) is 0 Å². The first-order valence-corrected chi connectivity index (χ1v) is 16.5. The lowest BCUT2D eigenvalue weighted by molar-refractivity contribution is -0.143. The number of hydrogen-bond donors (Lipinski definition) is 13. The van der Waals surface area contributed by atoms with Gasteiger partial charge < -0.3 is 68.9 Å². The molecule has 24 nitrogen and oxygen atoms in total. The van der Waals surface area contributed by atoms with Crippen LogP contribution in [0.5, 0.6) is 0 Å². The van der Waals surface area contributed by atoms with Crippen molar-refractivity contribution in [2.75, 3.05) is 18.9 Å². The van der Waals surface area contributed by atoms with E-state index in [1.54, 1.807) is 0 Å². The fraction of sp³-hybridized carbons (Fsp3) is 0.469. The lowest BCUT2D eigenvalue weighted by atomic mass is 9.96. The first-order chi connectivity index (χ1) is 26.1. The predicted octanol–water partition coefficient (Wildman–Crippen LogP) is -5.13. The van der Waals surface area contributed by atoms with Crippen LogP contribution in [0.1, 0.15) is 49.9 Å². The highest BCUT2D eigenvalue weighted by molar-refractivity contribution is 6.03. The minimum Gasteiger partial charge on any atom is -0.481 e. The summed E-state index contributed by atoms with van der Waals surface area (Å²) in [5.74, 6) is -15.1. The van der Waals surface area contributed by atoms with Gasteiger partial charge in [-0.3, -0.25) is 47.9 Å². The van der Waals surface area contributed by atoms with Gasteiger partial charge >= 0.3 is 23.9 Å². The number of hydrogen-bond acceptors (Lipinski definition) is 14. The Kier molecular flexibility index (Phi) is 19.0. The number of carboxylic acids is 4. The highest BCUT2D eigenvalue weighted by atomic mass is 16.4. The van der Waals surface area contributed by atoms with Crippen LogP contribution in [0.2, 0.25) is 0 Å². The van der Waals surface area contributed by atoms with Crippen molar-refractivity contribution in [3.8, 4) is 0 Å². The predicted molar refractivity (Wildman–Crippen MR) is 187 cm³/mol. The molecule has 1 aromatic rings. The number of anilines is 1. The molecular weight excluding hydrogens is 752 g/mol. The molecule has 15 N–H and O–H groups in total. The van der Waals surface area contributed by atoms with E-state index in [0.717, 1.165) is 6.92 Å². The Bertz CT molecular complexity index is 1690. The molecule has 0 aromatic heterocycles. The third-order valence-electron chi connectivity index (χ3n) is 7.66. The molecule has 6 amide bonds. The Hall–Kier alpha value is -6.69. The number of carbonyl (C=O) groups excluding carboxylic acids is 7. The van der Waals surface area contributed by atoms with Gasteiger partial charge in [0.2, 0.25) is 35.4 Å². The summed E-state index contributed by atoms with van der Waals surface area (Å²) in [7, 11) is 0. The van der Waals surface area contributed by atoms with E-state index in [1.807, 2.05) is 16.0 Å². The van der Waals surface area contributed by atoms with Crippen LogP contribution >= 0.6 is 0 Å². The van der Waals surface area contributed by atoms with Crippen LogP contribution in [0.15, 0.2) is 24.3 Å². The van der Waals surface area contributed by atoms with E-state index in [1.165, 1.54) is 31.2 Å². The summed E-state index contributed by atoms with van der Waals surface area (Å²) in [6, 6.07) is -4.63. The molecule has 1 rings (SSSR count). The van der Waals surface area contributed by atoms with Gasteiger partial charge in [0.1, 0.15) is 30.2 Å². The molecule has 7 unspecified atom stereocenters. The Morgan fingerprint density at radius 1 is 0.625 bits per heavy atom. The van der Waals surface area contributed by atoms with Gasteiger partial charge in [0.05, 0.1) is 38.5 Å². The minimum absolute atomic E-state index is 0.0334. The molecule has 0 aliphatic carbocycles. The Morgan fingerprint density at radius 2 is 1.20 bits per heavy atom. The van der Waals surface area contributed by atoms with E-state index < -0.39 is 146 Å². The Labute approximate surface area is 317 Å². The van der Waals surface area contributed by atoms with E-state index in [0.29, 0.717) is 0 Å². The average molecular weight is 797 g/mol. The summed E-state index contributed by atoms with van der Waals surface area (Å²) in [6.45, 7) is 0.218. The third-order valence-corrected chi connectivity index (χ3v) is 7.66. The van der Waals surface area contributed by atoms with Crippen LogP contribution in [0.25, 0.3) is 0 Å². The number of nitrogens with two attached hydrogens (primary N) is 2. The van der Waals surface area contributed by atoms with E-state index in [-0.39, 0.29) is 11.3 Å². The summed E-state index contributed by atoms with van der Waals surface area (Å²) in [4.78, 5) is 135. The second-order valence-corrected chi connectivity index (χ2v) is 12.3. The van der Waals surface area contributed by atoms with Crippen molar-refractivity contribution >= 4 is 70.8 Å². The minimum atomic E-state index is -1.87. The molecule has 0 saturated heterocycles. The summed E-state index contributed by atoms with van der Waals surface area (Å²) in [5, 5.41) is 59.1. The zero-order valence-corrected chi connectivity index (χ0v) is 30.0. The maximum atomic E-state index is 13.3. The van der Waals surface area contributed by atoms with Gasteiger partial charge in [-0.05, 0) is 25.0 Å². The molecular formula is C32H44N8O16. The number of para-hydroxylation sites is 1. The van der Waals surface area contributed by atoms with Gasteiger partial charge in [0.25, 0.3) is 0 Å². The fourth-order valence-corrected chi connectivity index (χ4v) is 4.70. The standard InChI is InChI=1S/C32H44N8O16/c1-13(7-23(44)45)26(31(54)39-19(32(55)56)9-21(42)15-5-3-4-6-16(15)33)40-30(53)20(12-41)37-22(43)11-35-29(52)18(10-25(48)49)38-27(50)14(2)36-28(51)17(34)8-24(46)47/h3-6,13-14,17-20,26,41H,7-12,33-34H2,1-2H3,(H,35,52)(H,36,51)(H,37,43)(H,38,50)(H,39,54)(H,40,53)(H,44,45)(H,46,47)(H,48,49)(H,55,56). The number of amides is 6. The third kappa shape index (κ3) is 16.1. The molecule has 0 radical (unpaired) electrons. The number of nitrogens with one attached hydrogen (secondary N) is 6. The van der Waals surface area contributed by atoms with Crippen molar-refractivity contribution < 1.29 is 78.3 Å². The van der Waals surface area contributed by atoms with Gasteiger partial charge in [-0.25, -0.2) is 4.79 Å². The monoisotopic (exact) mass is 796 g/mol. The molecule has 0 spiro atoms. The van der Waals surface area contributed by atoms with Crippen LogP contribution in [0, 0.1) is 5.92 Å². The Morgan fingerprint density at radius 3 is 1.73 bits per heavy atom. The number of Topliss-reactive ketones (excluding diaryl/α,β-unsaturated/α-hetero) is 1. The van der Waals surface area contributed by atoms with E-state index >= 15 is 0 Å². The van der Waals surface area contributed by atoms with Crippen molar-refractivity contribution in [3.63, 3.8) is 0 Å². The smallest absolute Gasteiger partial charge is 0.326 e. The molecule has 0 saturated carbocycles. The van der Waals surface area contributed by atoms with E-state index in [4.69, 9.17) is 16.6 Å². The normalized spacial score (nSPS) is 14.4. The first kappa shape index (κ1) is 47.3. The average Bonchev–Trinajstić information content (AvgIpc) is 3.09. The number of benzene rings is 1. The van der Waals surface area contributed by atoms with E-state index in [2.05, 4.69) is 16.0 Å². The number of rotatable bonds is 24. The summed E-state index contributed by atoms with van der Waals surface area (Å²) < 4.78 is 0. The molecule has 0 bridgehead atoms. The SMILES string of the molecule is CC(NC(=O)C(N)CC(=O)O)C(=O)NC(CC(=O)O)C(=O)NCC(=O)NC(CO)C(=O)NC(C(=O)NC(CC(=O)c1ccccc1N)C(=O)O)C(C)CC(=O)O. The quantitative estimate of drug-likeness (QED) is 0.0343. The van der Waals surface area contributed by atoms with Gasteiger partial charge in [0.15, 0.2) is 5.78 Å². The van der Waals surface area contributed by atoms with Crippen LogP contribution < -0.4 is 43.4 Å². The number of aliphatic carboxylic acids is 4. The van der Waals surface area contributed by atoms with E-state index in [9.17, 15) is 73.2 Å². The second-order valence-electron chi connectivity index (χ2n) is 12.3. The van der Waals surface area contributed by atoms with Crippen molar-refractivity contribution in [2.24, 2.45) is 11.7 Å². The maximum absolute atomic E-state index is 13.3. The van der Waals surface area contributed by atoms with Crippen LogP contribution in [-0.4, -0.2) is 140 Å². The molecule has 7 atom stereocenters. The number of ketones is 1. The first-order valence-electron chi connectivity index (χ1n) is 16.5. The number of aliphatic hydroxyl groups excluding tert-OH is 1. The molecule has 308 valence electrons. The summed E-state index contributed by atoms with van der Waals surface area (Å²) >= 11 is 0. The van der Waals surface area contributed by atoms with Crippen LogP contribution in [-0.2, 0) is 47.9 Å². The zero-order valence-electron chi connectivity index (χ0n) is 30.0.